The van der Waals surface area contributed by atoms with Crippen LogP contribution in [-0.4, -0.2) is 38.8 Å². The lowest BCUT2D eigenvalue weighted by Gasteiger charge is -2.21. The fraction of sp³-hybridized carbons (Fsp3) is 0.700. The Labute approximate surface area is 105 Å². The van der Waals surface area contributed by atoms with Crippen molar-refractivity contribution < 1.29 is 9.84 Å². The molecule has 0 aromatic carbocycles. The molecule has 0 saturated carbocycles. The van der Waals surface area contributed by atoms with Crippen LogP contribution in [-0.2, 0) is 0 Å². The Morgan fingerprint density at radius 2 is 2.06 bits per heavy atom. The Bertz CT molecular complexity index is 373. The molecular weight excluding hydrogens is 244 g/mol. The molecule has 0 radical (unpaired) electrons. The number of nitrogens with one attached hydrogen (secondary N) is 1. The lowest BCUT2D eigenvalue weighted by Crippen LogP contribution is -2.33. The molecule has 1 rings (SSSR count). The van der Waals surface area contributed by atoms with E-state index in [9.17, 15) is 5.11 Å². The summed E-state index contributed by atoms with van der Waals surface area (Å²) in [5.74, 6) is 0.294. The molecule has 0 aliphatic heterocycles. The van der Waals surface area contributed by atoms with E-state index in [1.54, 1.807) is 6.92 Å². The predicted octanol–water partition coefficient (Wildman–Crippen LogP) is 1.50. The van der Waals surface area contributed by atoms with Crippen LogP contribution in [0.1, 0.15) is 27.2 Å². The zero-order valence-electron chi connectivity index (χ0n) is 10.2. The van der Waals surface area contributed by atoms with E-state index in [-0.39, 0.29) is 11.3 Å². The lowest BCUT2D eigenvalue weighted by atomic mass is 10.0. The van der Waals surface area contributed by atoms with E-state index < -0.39 is 5.60 Å². The molecule has 0 fully saturated rings. The van der Waals surface area contributed by atoms with Gasteiger partial charge in [-0.2, -0.15) is 15.0 Å². The van der Waals surface area contributed by atoms with Gasteiger partial charge in [-0.15, -0.1) is 0 Å². The van der Waals surface area contributed by atoms with Gasteiger partial charge < -0.3 is 15.2 Å². The summed E-state index contributed by atoms with van der Waals surface area (Å²) in [6.07, 6.45) is 0.622. The molecule has 0 bridgehead atoms. The van der Waals surface area contributed by atoms with Gasteiger partial charge in [0, 0.05) is 6.54 Å². The summed E-state index contributed by atoms with van der Waals surface area (Å²) in [6.45, 7) is 6.23. The maximum atomic E-state index is 9.83. The van der Waals surface area contributed by atoms with Crippen molar-refractivity contribution in [2.75, 3.05) is 18.5 Å². The Balaban J connectivity index is 2.70. The second-order valence-electron chi connectivity index (χ2n) is 3.85. The van der Waals surface area contributed by atoms with Crippen molar-refractivity contribution in [2.45, 2.75) is 32.8 Å². The number of ether oxygens (including phenoxy) is 1. The predicted molar refractivity (Wildman–Crippen MR) is 65.4 cm³/mol. The first-order valence-electron chi connectivity index (χ1n) is 5.47. The highest BCUT2D eigenvalue weighted by Gasteiger charge is 2.18. The summed E-state index contributed by atoms with van der Waals surface area (Å²) >= 11 is 5.72. The van der Waals surface area contributed by atoms with Gasteiger partial charge in [0.2, 0.25) is 11.2 Å². The van der Waals surface area contributed by atoms with Crippen LogP contribution in [0.4, 0.5) is 5.95 Å². The molecule has 0 aliphatic rings. The van der Waals surface area contributed by atoms with Crippen LogP contribution in [0.25, 0.3) is 0 Å². The molecule has 1 unspecified atom stereocenters. The van der Waals surface area contributed by atoms with Crippen LogP contribution in [0.3, 0.4) is 0 Å². The van der Waals surface area contributed by atoms with Crippen LogP contribution < -0.4 is 10.1 Å². The van der Waals surface area contributed by atoms with Crippen LogP contribution >= 0.6 is 11.6 Å². The number of rotatable bonds is 6. The number of nitrogens with zero attached hydrogens (tertiary/aromatic N) is 3. The number of hydrogen-bond donors (Lipinski definition) is 2. The molecule has 7 heteroatoms. The van der Waals surface area contributed by atoms with Crippen LogP contribution in [0, 0.1) is 0 Å². The molecule has 1 aromatic rings. The van der Waals surface area contributed by atoms with Gasteiger partial charge in [-0.25, -0.2) is 0 Å². The standard InChI is InChI=1S/C10H17ClN4O2/c1-4-10(3,16)6-12-8-13-7(11)14-9(15-8)17-5-2/h16H,4-6H2,1-3H3,(H,12,13,14,15). The smallest absolute Gasteiger partial charge is 0.322 e. The summed E-state index contributed by atoms with van der Waals surface area (Å²) in [5.41, 5.74) is -0.815. The minimum atomic E-state index is -0.815. The molecule has 17 heavy (non-hydrogen) atoms. The van der Waals surface area contributed by atoms with E-state index in [1.807, 2.05) is 13.8 Å². The first-order chi connectivity index (χ1) is 7.96. The highest BCUT2D eigenvalue weighted by molar-refractivity contribution is 6.28. The molecule has 96 valence electrons. The molecule has 0 spiro atoms. The number of anilines is 1. The van der Waals surface area contributed by atoms with E-state index >= 15 is 0 Å². The second-order valence-corrected chi connectivity index (χ2v) is 4.19. The minimum Gasteiger partial charge on any atom is -0.464 e. The van der Waals surface area contributed by atoms with Gasteiger partial charge in [0.1, 0.15) is 0 Å². The van der Waals surface area contributed by atoms with Gasteiger partial charge in [0.15, 0.2) is 0 Å². The van der Waals surface area contributed by atoms with Crippen molar-refractivity contribution in [1.82, 2.24) is 15.0 Å². The summed E-state index contributed by atoms with van der Waals surface area (Å²) < 4.78 is 5.14. The van der Waals surface area contributed by atoms with Crippen molar-refractivity contribution in [2.24, 2.45) is 0 Å². The Morgan fingerprint density at radius 1 is 1.35 bits per heavy atom. The van der Waals surface area contributed by atoms with E-state index in [4.69, 9.17) is 16.3 Å². The molecule has 0 amide bonds. The quantitative estimate of drug-likeness (QED) is 0.807. The van der Waals surface area contributed by atoms with E-state index in [1.165, 1.54) is 0 Å². The normalized spacial score (nSPS) is 14.2. The van der Waals surface area contributed by atoms with Crippen LogP contribution in [0.5, 0.6) is 6.01 Å². The van der Waals surface area contributed by atoms with Crippen LogP contribution in [0.15, 0.2) is 0 Å². The van der Waals surface area contributed by atoms with Crippen molar-refractivity contribution in [3.63, 3.8) is 0 Å². The third-order valence-electron chi connectivity index (χ3n) is 2.25. The third kappa shape index (κ3) is 4.70. The maximum Gasteiger partial charge on any atom is 0.322 e. The Morgan fingerprint density at radius 3 is 2.65 bits per heavy atom. The van der Waals surface area contributed by atoms with Crippen molar-refractivity contribution >= 4 is 17.5 Å². The zero-order chi connectivity index (χ0) is 12.9. The largest absolute Gasteiger partial charge is 0.464 e. The average Bonchev–Trinajstić information content (AvgIpc) is 2.26. The molecule has 2 N–H and O–H groups in total. The third-order valence-corrected chi connectivity index (χ3v) is 2.42. The minimum absolute atomic E-state index is 0.0575. The van der Waals surface area contributed by atoms with Crippen molar-refractivity contribution in [3.05, 3.63) is 5.28 Å². The molecular formula is C10H17ClN4O2. The second kappa shape index (κ2) is 5.97. The zero-order valence-corrected chi connectivity index (χ0v) is 11.0. The first kappa shape index (κ1) is 13.9. The SMILES string of the molecule is CCOc1nc(Cl)nc(NCC(C)(O)CC)n1. The molecule has 1 heterocycles. The van der Waals surface area contributed by atoms with Gasteiger partial charge in [-0.3, -0.25) is 0 Å². The van der Waals surface area contributed by atoms with Gasteiger partial charge in [0.05, 0.1) is 12.2 Å². The highest BCUT2D eigenvalue weighted by atomic mass is 35.5. The Hall–Kier alpha value is -1.14. The number of hydrogen-bond acceptors (Lipinski definition) is 6. The van der Waals surface area contributed by atoms with Gasteiger partial charge in [-0.05, 0) is 31.9 Å². The van der Waals surface area contributed by atoms with Crippen LogP contribution in [0.2, 0.25) is 5.28 Å². The molecule has 0 saturated heterocycles. The lowest BCUT2D eigenvalue weighted by molar-refractivity contribution is 0.0695. The topological polar surface area (TPSA) is 80.2 Å². The number of aromatic nitrogens is 3. The van der Waals surface area contributed by atoms with Crippen molar-refractivity contribution in [3.8, 4) is 6.01 Å². The monoisotopic (exact) mass is 260 g/mol. The molecule has 0 aliphatic carbocycles. The van der Waals surface area contributed by atoms with Gasteiger partial charge in [-0.1, -0.05) is 6.92 Å². The fourth-order valence-electron chi connectivity index (χ4n) is 0.999. The first-order valence-corrected chi connectivity index (χ1v) is 5.85. The number of aliphatic hydroxyl groups is 1. The summed E-state index contributed by atoms with van der Waals surface area (Å²) in [6, 6.07) is 0.172. The molecule has 1 aromatic heterocycles. The van der Waals surface area contributed by atoms with Crippen molar-refractivity contribution in [1.29, 1.82) is 0 Å². The summed E-state index contributed by atoms with van der Waals surface area (Å²) in [7, 11) is 0. The molecule has 1 atom stereocenters. The molecule has 6 nitrogen and oxygen atoms in total. The van der Waals surface area contributed by atoms with E-state index in [0.717, 1.165) is 0 Å². The Kier molecular flexibility index (Phi) is 4.89. The number of halogens is 1. The van der Waals surface area contributed by atoms with E-state index in [0.29, 0.717) is 25.5 Å². The summed E-state index contributed by atoms with van der Waals surface area (Å²) in [5, 5.41) is 12.8. The average molecular weight is 261 g/mol. The van der Waals surface area contributed by atoms with Gasteiger partial charge >= 0.3 is 6.01 Å². The summed E-state index contributed by atoms with van der Waals surface area (Å²) in [4.78, 5) is 11.7. The maximum absolute atomic E-state index is 9.83. The van der Waals surface area contributed by atoms with Gasteiger partial charge in [0.25, 0.3) is 0 Å². The fourth-order valence-corrected chi connectivity index (χ4v) is 1.15. The highest BCUT2D eigenvalue weighted by Crippen LogP contribution is 2.13. The van der Waals surface area contributed by atoms with E-state index in [2.05, 4.69) is 20.3 Å².